The van der Waals surface area contributed by atoms with Crippen LogP contribution < -0.4 is 15.4 Å². The minimum atomic E-state index is -1.04. The molecule has 0 radical (unpaired) electrons. The quantitative estimate of drug-likeness (QED) is 0.0666. The highest BCUT2D eigenvalue weighted by Crippen LogP contribution is 2.51. The van der Waals surface area contributed by atoms with Crippen molar-refractivity contribution in [2.75, 3.05) is 18.6 Å². The molecule has 1 saturated heterocycles. The summed E-state index contributed by atoms with van der Waals surface area (Å²) in [6.07, 6.45) is 3.06. The first-order valence-corrected chi connectivity index (χ1v) is 22.8. The standard InChI is InChI=1S/C50H55FN2O5S2/c1-34(54)44(29-30-59-5)53-47(55)43-31-41(28-25-36(43)24-21-35-22-26-40(51)27-23-35)57-46(48(56)58-49(2,3)4)45-32-42(33-52-45)60-50(37-15-9-6-10-16-37,38-17-11-7-12-18-38)39-19-13-8-14-20-39/h6-20,22-23,25-28,31,42,44-46,52H,21,24,29-30,32-33H2,1-5H3,(H,53,55)/t42-,44-,45-,46?/m0/s1. The molecule has 10 heteroatoms. The molecule has 1 aliphatic heterocycles. The maximum atomic E-state index is 14.2. The lowest BCUT2D eigenvalue weighted by Crippen LogP contribution is -2.47. The zero-order valence-electron chi connectivity index (χ0n) is 35.0. The number of aryl methyl sites for hydroxylation is 2. The largest absolute Gasteiger partial charge is 0.477 e. The van der Waals surface area contributed by atoms with Crippen LogP contribution >= 0.6 is 23.5 Å². The first kappa shape index (κ1) is 44.6. The summed E-state index contributed by atoms with van der Waals surface area (Å²) in [5, 5.41) is 6.64. The van der Waals surface area contributed by atoms with Crippen LogP contribution in [0.15, 0.2) is 133 Å². The smallest absolute Gasteiger partial charge is 0.349 e. The van der Waals surface area contributed by atoms with E-state index in [2.05, 4.69) is 83.4 Å². The van der Waals surface area contributed by atoms with E-state index in [1.165, 1.54) is 19.1 Å². The second-order valence-electron chi connectivity index (χ2n) is 16.2. The molecule has 5 aromatic carbocycles. The fourth-order valence-corrected chi connectivity index (χ4v) is 9.93. The number of carbonyl (C=O) groups excluding carboxylic acids is 3. The molecule has 0 aromatic heterocycles. The number of esters is 1. The fraction of sp³-hybridized carbons (Fsp3) is 0.340. The summed E-state index contributed by atoms with van der Waals surface area (Å²) in [7, 11) is 0. The van der Waals surface area contributed by atoms with Gasteiger partial charge >= 0.3 is 5.97 Å². The molecular weight excluding hydrogens is 792 g/mol. The van der Waals surface area contributed by atoms with Crippen molar-refractivity contribution in [3.05, 3.63) is 173 Å². The Morgan fingerprint density at radius 1 is 0.817 bits per heavy atom. The Balaban J connectivity index is 1.32. The first-order chi connectivity index (χ1) is 28.9. The number of amides is 1. The van der Waals surface area contributed by atoms with E-state index in [4.69, 9.17) is 9.47 Å². The van der Waals surface area contributed by atoms with E-state index in [1.807, 2.05) is 63.1 Å². The zero-order valence-corrected chi connectivity index (χ0v) is 36.6. The van der Waals surface area contributed by atoms with Gasteiger partial charge in [0.1, 0.15) is 17.2 Å². The molecule has 1 heterocycles. The van der Waals surface area contributed by atoms with Gasteiger partial charge in [-0.3, -0.25) is 9.59 Å². The molecule has 314 valence electrons. The third kappa shape index (κ3) is 11.5. The minimum Gasteiger partial charge on any atom is -0.477 e. The van der Waals surface area contributed by atoms with Gasteiger partial charge in [0.05, 0.1) is 16.8 Å². The number of ketones is 1. The average Bonchev–Trinajstić information content (AvgIpc) is 3.71. The molecule has 5 aromatic rings. The van der Waals surface area contributed by atoms with Gasteiger partial charge in [-0.25, -0.2) is 9.18 Å². The molecule has 4 atom stereocenters. The SMILES string of the molecule is CSCC[C@H](NC(=O)c1cc(OC(C(=O)OC(C)(C)C)[C@@H]2C[C@H](SC(c3ccccc3)(c3ccccc3)c3ccccc3)CN2)ccc1CCc1ccc(F)cc1)C(C)=O. The van der Waals surface area contributed by atoms with Crippen molar-refractivity contribution in [2.24, 2.45) is 0 Å². The third-order valence-electron chi connectivity index (χ3n) is 10.6. The zero-order chi connectivity index (χ0) is 42.7. The van der Waals surface area contributed by atoms with E-state index >= 15 is 0 Å². The van der Waals surface area contributed by atoms with Crippen LogP contribution in [0.3, 0.4) is 0 Å². The molecule has 0 bridgehead atoms. The summed E-state index contributed by atoms with van der Waals surface area (Å²) in [5.41, 5.74) is 4.69. The Labute approximate surface area is 362 Å². The summed E-state index contributed by atoms with van der Waals surface area (Å²) in [5.74, 6) is -0.317. The number of nitrogens with one attached hydrogen (secondary N) is 2. The Morgan fingerprint density at radius 3 is 1.93 bits per heavy atom. The van der Waals surface area contributed by atoms with E-state index in [9.17, 15) is 18.8 Å². The Bertz CT molecular complexity index is 2090. The van der Waals surface area contributed by atoms with Gasteiger partial charge in [-0.1, -0.05) is 109 Å². The number of hydrogen-bond donors (Lipinski definition) is 2. The molecule has 2 N–H and O–H groups in total. The van der Waals surface area contributed by atoms with E-state index in [0.717, 1.165) is 27.8 Å². The highest BCUT2D eigenvalue weighted by molar-refractivity contribution is 8.01. The van der Waals surface area contributed by atoms with Gasteiger partial charge in [0.25, 0.3) is 5.91 Å². The summed E-state index contributed by atoms with van der Waals surface area (Å²) < 4.78 is 25.8. The summed E-state index contributed by atoms with van der Waals surface area (Å²) in [6, 6.07) is 42.1. The van der Waals surface area contributed by atoms with Crippen LogP contribution in [0.25, 0.3) is 0 Å². The molecule has 1 amide bonds. The van der Waals surface area contributed by atoms with Crippen LogP contribution in [-0.2, 0) is 31.9 Å². The van der Waals surface area contributed by atoms with E-state index in [-0.39, 0.29) is 16.9 Å². The average molecular weight is 847 g/mol. The van der Waals surface area contributed by atoms with Gasteiger partial charge < -0.3 is 20.1 Å². The molecule has 6 rings (SSSR count). The molecule has 7 nitrogen and oxygen atoms in total. The van der Waals surface area contributed by atoms with Crippen LogP contribution in [0.4, 0.5) is 4.39 Å². The molecule has 1 fully saturated rings. The number of ether oxygens (including phenoxy) is 2. The number of Topliss-reactive ketones (excluding diaryl/α,β-unsaturated/α-hetero) is 1. The summed E-state index contributed by atoms with van der Waals surface area (Å²) in [4.78, 5) is 40.8. The van der Waals surface area contributed by atoms with Crippen molar-refractivity contribution < 1.29 is 28.2 Å². The van der Waals surface area contributed by atoms with Crippen molar-refractivity contribution in [1.82, 2.24) is 10.6 Å². The lowest BCUT2D eigenvalue weighted by Gasteiger charge is -2.37. The lowest BCUT2D eigenvalue weighted by atomic mass is 9.84. The van der Waals surface area contributed by atoms with E-state index in [0.29, 0.717) is 49.3 Å². The monoisotopic (exact) mass is 846 g/mol. The predicted octanol–water partition coefficient (Wildman–Crippen LogP) is 9.60. The van der Waals surface area contributed by atoms with E-state index < -0.39 is 40.4 Å². The highest BCUT2D eigenvalue weighted by Gasteiger charge is 2.45. The number of halogens is 1. The Hall–Kier alpha value is -4.90. The van der Waals surface area contributed by atoms with Gasteiger partial charge in [0.2, 0.25) is 6.10 Å². The second-order valence-corrected chi connectivity index (χ2v) is 18.7. The number of benzene rings is 5. The summed E-state index contributed by atoms with van der Waals surface area (Å²) in [6.45, 7) is 7.59. The predicted molar refractivity (Wildman–Crippen MR) is 242 cm³/mol. The summed E-state index contributed by atoms with van der Waals surface area (Å²) >= 11 is 3.47. The van der Waals surface area contributed by atoms with Crippen molar-refractivity contribution in [3.63, 3.8) is 0 Å². The minimum absolute atomic E-state index is 0.0594. The third-order valence-corrected chi connectivity index (χ3v) is 13.0. The van der Waals surface area contributed by atoms with Gasteiger partial charge in [-0.2, -0.15) is 11.8 Å². The van der Waals surface area contributed by atoms with Crippen LogP contribution in [0.5, 0.6) is 5.75 Å². The number of hydrogen-bond acceptors (Lipinski definition) is 8. The van der Waals surface area contributed by atoms with Crippen molar-refractivity contribution in [3.8, 4) is 5.75 Å². The van der Waals surface area contributed by atoms with E-state index in [1.54, 1.807) is 36.0 Å². The Kier molecular flexibility index (Phi) is 15.3. The number of rotatable bonds is 18. The van der Waals surface area contributed by atoms with Crippen LogP contribution in [0.2, 0.25) is 0 Å². The molecule has 60 heavy (non-hydrogen) atoms. The maximum Gasteiger partial charge on any atom is 0.349 e. The normalized spacial score (nSPS) is 16.4. The second kappa shape index (κ2) is 20.6. The van der Waals surface area contributed by atoms with Crippen LogP contribution in [0.1, 0.15) is 78.7 Å². The molecule has 0 saturated carbocycles. The number of carbonyl (C=O) groups is 3. The first-order valence-electron chi connectivity index (χ1n) is 20.5. The van der Waals surface area contributed by atoms with Gasteiger partial charge in [-0.15, -0.1) is 11.8 Å². The van der Waals surface area contributed by atoms with Gasteiger partial charge in [-0.05, 0) is 117 Å². The highest BCUT2D eigenvalue weighted by atomic mass is 32.2. The van der Waals surface area contributed by atoms with Crippen molar-refractivity contribution in [2.45, 2.75) is 87.2 Å². The molecule has 0 spiro atoms. The molecule has 1 aliphatic rings. The van der Waals surface area contributed by atoms with Gasteiger partial charge in [0, 0.05) is 17.4 Å². The maximum absolute atomic E-state index is 14.2. The fourth-order valence-electron chi connectivity index (χ4n) is 7.66. The molecule has 0 aliphatic carbocycles. The van der Waals surface area contributed by atoms with Crippen molar-refractivity contribution in [1.29, 1.82) is 0 Å². The topological polar surface area (TPSA) is 93.7 Å². The molecular formula is C50H55FN2O5S2. The lowest BCUT2D eigenvalue weighted by molar-refractivity contribution is -0.164. The van der Waals surface area contributed by atoms with Crippen LogP contribution in [0, 0.1) is 5.82 Å². The molecule has 1 unspecified atom stereocenters. The Morgan fingerprint density at radius 2 is 1.40 bits per heavy atom. The van der Waals surface area contributed by atoms with Crippen LogP contribution in [-0.4, -0.2) is 65.3 Å². The van der Waals surface area contributed by atoms with Crippen molar-refractivity contribution >= 4 is 41.2 Å². The van der Waals surface area contributed by atoms with Gasteiger partial charge in [0.15, 0.2) is 5.78 Å². The number of thioether (sulfide) groups is 2.